The first-order chi connectivity index (χ1) is 13.6. The van der Waals surface area contributed by atoms with E-state index in [2.05, 4.69) is 0 Å². The van der Waals surface area contributed by atoms with Gasteiger partial charge in [0.1, 0.15) is 6.61 Å². The molecule has 0 aliphatic heterocycles. The van der Waals surface area contributed by atoms with Crippen LogP contribution in [-0.4, -0.2) is 22.6 Å². The Hall–Kier alpha value is -3.34. The molecule has 0 bridgehead atoms. The number of hydrogen-bond acceptors (Lipinski definition) is 3. The quantitative estimate of drug-likeness (QED) is 0.634. The van der Waals surface area contributed by atoms with Crippen LogP contribution in [0.1, 0.15) is 16.7 Å². The van der Waals surface area contributed by atoms with Crippen molar-refractivity contribution in [3.8, 4) is 5.75 Å². The minimum absolute atomic E-state index is 0.193. The maximum absolute atomic E-state index is 13.6. The number of nitrogens with zero attached hydrogens (tertiary/aromatic N) is 1. The van der Waals surface area contributed by atoms with Gasteiger partial charge in [-0.05, 0) is 35.2 Å². The van der Waals surface area contributed by atoms with Gasteiger partial charge in [0.15, 0.2) is 11.6 Å². The number of phenols is 1. The zero-order valence-electron chi connectivity index (χ0n) is 15.4. The second kappa shape index (κ2) is 9.55. The van der Waals surface area contributed by atoms with Crippen molar-refractivity contribution in [2.45, 2.75) is 19.6 Å². The van der Waals surface area contributed by atoms with Crippen molar-refractivity contribution in [3.05, 3.63) is 101 Å². The van der Waals surface area contributed by atoms with Crippen LogP contribution >= 0.6 is 0 Å². The molecule has 1 amide bonds. The van der Waals surface area contributed by atoms with Crippen LogP contribution in [0.3, 0.4) is 0 Å². The van der Waals surface area contributed by atoms with E-state index in [1.165, 1.54) is 12.1 Å². The van der Waals surface area contributed by atoms with Crippen LogP contribution in [0.5, 0.6) is 5.75 Å². The molecular formula is C23H22FNO3. The summed E-state index contributed by atoms with van der Waals surface area (Å²) in [5, 5.41) is 9.32. The van der Waals surface area contributed by atoms with Crippen LogP contribution < -0.4 is 0 Å². The Labute approximate surface area is 163 Å². The fraction of sp³-hybridized carbons (Fsp3) is 0.174. The molecule has 144 valence electrons. The molecule has 3 rings (SSSR count). The molecule has 0 radical (unpaired) electrons. The number of aromatic hydroxyl groups is 1. The van der Waals surface area contributed by atoms with Crippen molar-refractivity contribution in [2.24, 2.45) is 0 Å². The average Bonchev–Trinajstić information content (AvgIpc) is 2.73. The topological polar surface area (TPSA) is 49.8 Å². The Kier molecular flexibility index (Phi) is 6.63. The van der Waals surface area contributed by atoms with Crippen LogP contribution in [0.15, 0.2) is 78.9 Å². The molecule has 0 aliphatic rings. The number of amides is 1. The second-order valence-electron chi connectivity index (χ2n) is 6.48. The fourth-order valence-corrected chi connectivity index (χ4v) is 2.82. The zero-order chi connectivity index (χ0) is 19.8. The van der Waals surface area contributed by atoms with Crippen LogP contribution in [-0.2, 0) is 24.3 Å². The molecule has 0 unspecified atom stereocenters. The van der Waals surface area contributed by atoms with Gasteiger partial charge in [-0.2, -0.15) is 0 Å². The van der Waals surface area contributed by atoms with Gasteiger partial charge in [-0.15, -0.1) is 0 Å². The molecule has 0 heterocycles. The number of ether oxygens (including phenoxy) is 1. The number of halogens is 1. The maximum atomic E-state index is 13.6. The lowest BCUT2D eigenvalue weighted by molar-refractivity contribution is 0.0940. The van der Waals surface area contributed by atoms with Crippen LogP contribution in [0.25, 0.3) is 0 Å². The summed E-state index contributed by atoms with van der Waals surface area (Å²) in [5.74, 6) is -1.05. The molecule has 3 aromatic carbocycles. The number of phenolic OH excluding ortho intramolecular Hbond substituents is 1. The first-order valence-corrected chi connectivity index (χ1v) is 9.09. The van der Waals surface area contributed by atoms with E-state index in [9.17, 15) is 14.3 Å². The summed E-state index contributed by atoms with van der Waals surface area (Å²) in [7, 11) is 0. The number of benzene rings is 3. The Morgan fingerprint density at radius 3 is 2.18 bits per heavy atom. The summed E-state index contributed by atoms with van der Waals surface area (Å²) in [6.45, 7) is 0.959. The summed E-state index contributed by atoms with van der Waals surface area (Å²) >= 11 is 0. The number of hydrogen-bond donors (Lipinski definition) is 1. The third-order valence-electron chi connectivity index (χ3n) is 4.36. The summed E-state index contributed by atoms with van der Waals surface area (Å²) in [4.78, 5) is 14.3. The minimum Gasteiger partial charge on any atom is -0.505 e. The van der Waals surface area contributed by atoms with E-state index in [1.807, 2.05) is 60.7 Å². The predicted octanol–water partition coefficient (Wildman–Crippen LogP) is 4.91. The normalized spacial score (nSPS) is 10.5. The fourth-order valence-electron chi connectivity index (χ4n) is 2.82. The molecule has 28 heavy (non-hydrogen) atoms. The van der Waals surface area contributed by atoms with Crippen molar-refractivity contribution < 1.29 is 19.0 Å². The highest BCUT2D eigenvalue weighted by Crippen LogP contribution is 2.17. The highest BCUT2D eigenvalue weighted by Gasteiger charge is 2.16. The van der Waals surface area contributed by atoms with Crippen LogP contribution in [0.4, 0.5) is 9.18 Å². The molecule has 0 aliphatic carbocycles. The molecule has 4 nitrogen and oxygen atoms in total. The van der Waals surface area contributed by atoms with Gasteiger partial charge >= 0.3 is 6.09 Å². The first-order valence-electron chi connectivity index (χ1n) is 9.09. The van der Waals surface area contributed by atoms with E-state index >= 15 is 0 Å². The molecule has 5 heteroatoms. The van der Waals surface area contributed by atoms with Crippen molar-refractivity contribution in [1.29, 1.82) is 0 Å². The van der Waals surface area contributed by atoms with Gasteiger partial charge in [-0.25, -0.2) is 9.18 Å². The molecule has 0 fully saturated rings. The maximum Gasteiger partial charge on any atom is 0.410 e. The van der Waals surface area contributed by atoms with E-state index in [-0.39, 0.29) is 12.4 Å². The summed E-state index contributed by atoms with van der Waals surface area (Å²) in [5.41, 5.74) is 2.59. The van der Waals surface area contributed by atoms with E-state index in [4.69, 9.17) is 4.74 Å². The predicted molar refractivity (Wildman–Crippen MR) is 105 cm³/mol. The molecule has 0 saturated heterocycles. The SMILES string of the molecule is O=C(OCc1ccccc1)N(CCc1ccc(O)c(F)c1)Cc1ccccc1. The van der Waals surface area contributed by atoms with Crippen molar-refractivity contribution in [2.75, 3.05) is 6.54 Å². The van der Waals surface area contributed by atoms with Gasteiger partial charge in [0.2, 0.25) is 0 Å². The highest BCUT2D eigenvalue weighted by atomic mass is 19.1. The van der Waals surface area contributed by atoms with Gasteiger partial charge in [0.05, 0.1) is 0 Å². The first kappa shape index (κ1) is 19.4. The number of carbonyl (C=O) groups excluding carboxylic acids is 1. The Morgan fingerprint density at radius 2 is 1.54 bits per heavy atom. The molecule has 0 atom stereocenters. The lowest BCUT2D eigenvalue weighted by atomic mass is 10.1. The van der Waals surface area contributed by atoms with E-state index in [1.54, 1.807) is 11.0 Å². The average molecular weight is 379 g/mol. The Bertz CT molecular complexity index is 900. The molecule has 0 aromatic heterocycles. The van der Waals surface area contributed by atoms with Gasteiger partial charge in [-0.1, -0.05) is 66.7 Å². The third-order valence-corrected chi connectivity index (χ3v) is 4.36. The molecule has 1 N–H and O–H groups in total. The Morgan fingerprint density at radius 1 is 0.893 bits per heavy atom. The van der Waals surface area contributed by atoms with Gasteiger partial charge in [-0.3, -0.25) is 0 Å². The van der Waals surface area contributed by atoms with Crippen molar-refractivity contribution in [3.63, 3.8) is 0 Å². The van der Waals surface area contributed by atoms with E-state index in [0.29, 0.717) is 25.1 Å². The summed E-state index contributed by atoms with van der Waals surface area (Å²) < 4.78 is 19.0. The minimum atomic E-state index is -0.668. The molecule has 0 saturated carbocycles. The Balaban J connectivity index is 1.66. The molecule has 3 aromatic rings. The second-order valence-corrected chi connectivity index (χ2v) is 6.48. The van der Waals surface area contributed by atoms with Crippen LogP contribution in [0.2, 0.25) is 0 Å². The van der Waals surface area contributed by atoms with Crippen LogP contribution in [0, 0.1) is 5.82 Å². The number of carbonyl (C=O) groups is 1. The lowest BCUT2D eigenvalue weighted by Crippen LogP contribution is -2.33. The standard InChI is InChI=1S/C23H22FNO3/c24-21-15-18(11-12-22(21)26)13-14-25(16-19-7-3-1-4-8-19)23(27)28-17-20-9-5-2-6-10-20/h1-12,15,26H,13-14,16-17H2. The largest absolute Gasteiger partial charge is 0.505 e. The van der Waals surface area contributed by atoms with Crippen molar-refractivity contribution >= 4 is 6.09 Å². The van der Waals surface area contributed by atoms with Gasteiger partial charge in [0, 0.05) is 13.1 Å². The summed E-state index contributed by atoms with van der Waals surface area (Å²) in [6.07, 6.45) is 0.0248. The smallest absolute Gasteiger partial charge is 0.410 e. The molecular weight excluding hydrogens is 357 g/mol. The van der Waals surface area contributed by atoms with Crippen molar-refractivity contribution in [1.82, 2.24) is 4.90 Å². The number of rotatable bonds is 7. The van der Waals surface area contributed by atoms with Gasteiger partial charge in [0.25, 0.3) is 0 Å². The van der Waals surface area contributed by atoms with Gasteiger partial charge < -0.3 is 14.7 Å². The summed E-state index contributed by atoms with van der Waals surface area (Å²) in [6, 6.07) is 23.4. The zero-order valence-corrected chi connectivity index (χ0v) is 15.4. The van der Waals surface area contributed by atoms with E-state index < -0.39 is 11.9 Å². The monoisotopic (exact) mass is 379 g/mol. The van der Waals surface area contributed by atoms with E-state index in [0.717, 1.165) is 11.1 Å². The lowest BCUT2D eigenvalue weighted by Gasteiger charge is -2.22. The highest BCUT2D eigenvalue weighted by molar-refractivity contribution is 5.67. The third kappa shape index (κ3) is 5.58. The molecule has 0 spiro atoms.